The van der Waals surface area contributed by atoms with E-state index in [9.17, 15) is 19.1 Å². The fourth-order valence-corrected chi connectivity index (χ4v) is 3.59. The number of carbonyl (C=O) groups is 2. The molecule has 6 nitrogen and oxygen atoms in total. The lowest BCUT2D eigenvalue weighted by molar-refractivity contribution is -0.140. The van der Waals surface area contributed by atoms with Crippen LogP contribution in [0.1, 0.15) is 31.0 Å². The van der Waals surface area contributed by atoms with Crippen molar-refractivity contribution in [2.24, 2.45) is 0 Å². The van der Waals surface area contributed by atoms with Crippen LogP contribution in [-0.4, -0.2) is 57.8 Å². The number of pyridine rings is 1. The molecular formula is C22H24FN3O3. The molecule has 2 heterocycles. The molecule has 1 aliphatic rings. The average Bonchev–Trinajstić information content (AvgIpc) is 2.99. The van der Waals surface area contributed by atoms with E-state index in [1.54, 1.807) is 18.2 Å². The molecule has 0 spiro atoms. The number of amides is 1. The largest absolute Gasteiger partial charge is 0.507 e. The number of hydrogen-bond acceptors (Lipinski definition) is 5. The molecule has 0 unspecified atom stereocenters. The van der Waals surface area contributed by atoms with Crippen LogP contribution in [-0.2, 0) is 9.59 Å². The van der Waals surface area contributed by atoms with E-state index in [1.165, 1.54) is 35.5 Å². The number of rotatable bonds is 7. The minimum Gasteiger partial charge on any atom is -0.507 e. The number of halogens is 1. The van der Waals surface area contributed by atoms with Crippen molar-refractivity contribution in [2.75, 3.05) is 26.2 Å². The van der Waals surface area contributed by atoms with Gasteiger partial charge in [0.05, 0.1) is 11.6 Å². The Kier molecular flexibility index (Phi) is 6.39. The molecule has 1 atom stereocenters. The Bertz CT molecular complexity index is 926. The summed E-state index contributed by atoms with van der Waals surface area (Å²) in [5.74, 6) is -2.22. The average molecular weight is 397 g/mol. The van der Waals surface area contributed by atoms with Crippen LogP contribution in [0.3, 0.4) is 0 Å². The smallest absolute Gasteiger partial charge is 0.295 e. The second-order valence-electron chi connectivity index (χ2n) is 6.81. The number of likely N-dealkylation sites (N-methyl/N-ethyl adjacent to an activating group) is 1. The van der Waals surface area contributed by atoms with Gasteiger partial charge in [-0.15, -0.1) is 0 Å². The number of aromatic nitrogens is 1. The molecule has 1 amide bonds. The zero-order valence-electron chi connectivity index (χ0n) is 16.5. The van der Waals surface area contributed by atoms with Crippen LogP contribution in [0.25, 0.3) is 5.76 Å². The molecule has 0 bridgehead atoms. The second kappa shape index (κ2) is 8.96. The van der Waals surface area contributed by atoms with E-state index in [2.05, 4.69) is 9.88 Å². The highest BCUT2D eigenvalue weighted by Crippen LogP contribution is 2.39. The number of ketones is 1. The van der Waals surface area contributed by atoms with Gasteiger partial charge in [0.1, 0.15) is 11.6 Å². The van der Waals surface area contributed by atoms with Crippen molar-refractivity contribution < 1.29 is 19.1 Å². The zero-order valence-corrected chi connectivity index (χ0v) is 16.5. The lowest BCUT2D eigenvalue weighted by Crippen LogP contribution is -2.38. The molecule has 1 aliphatic heterocycles. The highest BCUT2D eigenvalue weighted by atomic mass is 19.1. The monoisotopic (exact) mass is 397 g/mol. The van der Waals surface area contributed by atoms with Gasteiger partial charge in [-0.2, -0.15) is 0 Å². The first kappa shape index (κ1) is 20.7. The third-order valence-electron chi connectivity index (χ3n) is 5.21. The van der Waals surface area contributed by atoms with Crippen molar-refractivity contribution in [3.05, 3.63) is 71.3 Å². The first-order chi connectivity index (χ1) is 14.0. The van der Waals surface area contributed by atoms with E-state index >= 15 is 0 Å². The maximum Gasteiger partial charge on any atom is 0.295 e. The van der Waals surface area contributed by atoms with Gasteiger partial charge in [-0.25, -0.2) is 4.39 Å². The number of carbonyl (C=O) groups excluding carboxylic acids is 2. The van der Waals surface area contributed by atoms with Gasteiger partial charge in [0.15, 0.2) is 0 Å². The molecule has 0 aliphatic carbocycles. The van der Waals surface area contributed by atoms with E-state index in [1.807, 2.05) is 13.8 Å². The van der Waals surface area contributed by atoms with Gasteiger partial charge in [-0.1, -0.05) is 26.0 Å². The summed E-state index contributed by atoms with van der Waals surface area (Å²) >= 11 is 0. The molecule has 1 saturated heterocycles. The summed E-state index contributed by atoms with van der Waals surface area (Å²) in [4.78, 5) is 33.1. The fourth-order valence-electron chi connectivity index (χ4n) is 3.59. The van der Waals surface area contributed by atoms with Gasteiger partial charge >= 0.3 is 0 Å². The van der Waals surface area contributed by atoms with E-state index in [0.29, 0.717) is 24.2 Å². The van der Waals surface area contributed by atoms with Crippen LogP contribution in [0.15, 0.2) is 54.4 Å². The molecule has 7 heteroatoms. The highest BCUT2D eigenvalue weighted by Gasteiger charge is 2.46. The van der Waals surface area contributed by atoms with Gasteiger partial charge in [0.25, 0.3) is 11.7 Å². The van der Waals surface area contributed by atoms with Crippen LogP contribution >= 0.6 is 0 Å². The van der Waals surface area contributed by atoms with Crippen LogP contribution in [0.5, 0.6) is 0 Å². The van der Waals surface area contributed by atoms with Crippen molar-refractivity contribution >= 4 is 17.4 Å². The lowest BCUT2D eigenvalue weighted by atomic mass is 9.95. The first-order valence-corrected chi connectivity index (χ1v) is 9.64. The number of nitrogens with zero attached hydrogens (tertiary/aromatic N) is 3. The predicted octanol–water partition coefficient (Wildman–Crippen LogP) is 2.98. The Balaban J connectivity index is 2.09. The fraction of sp³-hybridized carbons (Fsp3) is 0.318. The normalized spacial score (nSPS) is 18.6. The summed E-state index contributed by atoms with van der Waals surface area (Å²) in [7, 11) is 0. The van der Waals surface area contributed by atoms with Gasteiger partial charge in [-0.3, -0.25) is 14.6 Å². The van der Waals surface area contributed by atoms with Crippen molar-refractivity contribution in [1.82, 2.24) is 14.8 Å². The summed E-state index contributed by atoms with van der Waals surface area (Å²) in [6.45, 7) is 6.52. The summed E-state index contributed by atoms with van der Waals surface area (Å²) < 4.78 is 13.9. The molecule has 1 fully saturated rings. The van der Waals surface area contributed by atoms with E-state index in [-0.39, 0.29) is 11.3 Å². The van der Waals surface area contributed by atoms with E-state index in [4.69, 9.17) is 0 Å². The van der Waals surface area contributed by atoms with Crippen molar-refractivity contribution in [1.29, 1.82) is 0 Å². The first-order valence-electron chi connectivity index (χ1n) is 9.64. The maximum atomic E-state index is 13.9. The minimum atomic E-state index is -0.852. The van der Waals surface area contributed by atoms with Gasteiger partial charge < -0.3 is 14.9 Å². The molecule has 3 rings (SSSR count). The van der Waals surface area contributed by atoms with Crippen LogP contribution in [0.4, 0.5) is 4.39 Å². The van der Waals surface area contributed by atoms with Crippen molar-refractivity contribution in [3.8, 4) is 0 Å². The summed E-state index contributed by atoms with van der Waals surface area (Å²) in [6, 6.07) is 8.04. The topological polar surface area (TPSA) is 73.7 Å². The zero-order chi connectivity index (χ0) is 21.0. The summed E-state index contributed by atoms with van der Waals surface area (Å²) in [6.07, 6.45) is 2.98. The second-order valence-corrected chi connectivity index (χ2v) is 6.81. The minimum absolute atomic E-state index is 0.0358. The SMILES string of the molecule is CCN(CC)CCN1C(=O)C(=O)C(=C(O)c2ccncc2)[C@@H]1c1cccc(F)c1. The molecule has 0 saturated carbocycles. The maximum absolute atomic E-state index is 13.9. The molecule has 2 aromatic rings. The van der Waals surface area contributed by atoms with Crippen LogP contribution < -0.4 is 0 Å². The Morgan fingerprint density at radius 1 is 1.17 bits per heavy atom. The lowest BCUT2D eigenvalue weighted by Gasteiger charge is -2.28. The number of hydrogen-bond donors (Lipinski definition) is 1. The molecule has 0 radical (unpaired) electrons. The third kappa shape index (κ3) is 4.19. The number of Topliss-reactive ketones (excluding diaryl/α,β-unsaturated/α-hetero) is 1. The number of aliphatic hydroxyl groups is 1. The van der Waals surface area contributed by atoms with Gasteiger partial charge in [0.2, 0.25) is 0 Å². The molecule has 152 valence electrons. The summed E-state index contributed by atoms with van der Waals surface area (Å²) in [5, 5.41) is 10.8. The Hall–Kier alpha value is -3.06. The number of aliphatic hydroxyl groups excluding tert-OH is 1. The van der Waals surface area contributed by atoms with Crippen molar-refractivity contribution in [3.63, 3.8) is 0 Å². The highest BCUT2D eigenvalue weighted by molar-refractivity contribution is 6.46. The van der Waals surface area contributed by atoms with Gasteiger partial charge in [-0.05, 0) is 42.9 Å². The predicted molar refractivity (Wildman–Crippen MR) is 107 cm³/mol. The van der Waals surface area contributed by atoms with Crippen LogP contribution in [0.2, 0.25) is 0 Å². The molecule has 1 N–H and O–H groups in total. The van der Waals surface area contributed by atoms with E-state index < -0.39 is 23.5 Å². The Morgan fingerprint density at radius 2 is 1.86 bits per heavy atom. The molecule has 1 aromatic carbocycles. The summed E-state index contributed by atoms with van der Waals surface area (Å²) in [5.41, 5.74) is 0.786. The molecule has 29 heavy (non-hydrogen) atoms. The van der Waals surface area contributed by atoms with Gasteiger partial charge in [0, 0.05) is 31.0 Å². The number of benzene rings is 1. The van der Waals surface area contributed by atoms with E-state index in [0.717, 1.165) is 13.1 Å². The third-order valence-corrected chi connectivity index (χ3v) is 5.21. The standard InChI is InChI=1S/C22H24FN3O3/c1-3-25(4-2)12-13-26-19(16-6-5-7-17(23)14-16)18(21(28)22(26)29)20(27)15-8-10-24-11-9-15/h5-11,14,19,27H,3-4,12-13H2,1-2H3/t19-/m0/s1. The van der Waals surface area contributed by atoms with Crippen LogP contribution in [0, 0.1) is 5.82 Å². The molecular weight excluding hydrogens is 373 g/mol. The Labute approximate surface area is 169 Å². The quantitative estimate of drug-likeness (QED) is 0.442. The number of likely N-dealkylation sites (tertiary alicyclic amines) is 1. The van der Waals surface area contributed by atoms with Crippen molar-refractivity contribution in [2.45, 2.75) is 19.9 Å². The molecule has 1 aromatic heterocycles. The Morgan fingerprint density at radius 3 is 2.48 bits per heavy atom.